The maximum atomic E-state index is 13.4. The highest BCUT2D eigenvalue weighted by atomic mass is 32.1. The first-order chi connectivity index (χ1) is 17.6. The van der Waals surface area contributed by atoms with Crippen molar-refractivity contribution < 1.29 is 14.4 Å². The monoisotopic (exact) mass is 506 g/mol. The molecule has 2 amide bonds. The number of hydrogen-bond donors (Lipinski definition) is 2. The standard InChI is InChI=1S/C28H34N4O3S/c29-16-14-21(26(34)27-31-23-10-4-5-11-24(23)36-27)15-18-32(28(35)22-9-6-17-30-19-22)25(33)13-12-20-7-2-1-3-8-20/h1-5,7-8,10-11,21-22,30H,6,9,12-19,29H2/t21?,22-/m1/s1. The van der Waals surface area contributed by atoms with E-state index in [1.807, 2.05) is 54.6 Å². The van der Waals surface area contributed by atoms with Gasteiger partial charge >= 0.3 is 0 Å². The minimum absolute atomic E-state index is 0.0647. The summed E-state index contributed by atoms with van der Waals surface area (Å²) in [6, 6.07) is 17.5. The van der Waals surface area contributed by atoms with Crippen molar-refractivity contribution in [2.24, 2.45) is 17.6 Å². The van der Waals surface area contributed by atoms with Gasteiger partial charge in [0.25, 0.3) is 0 Å². The smallest absolute Gasteiger partial charge is 0.233 e. The van der Waals surface area contributed by atoms with Crippen LogP contribution in [0.3, 0.4) is 0 Å². The van der Waals surface area contributed by atoms with Gasteiger partial charge < -0.3 is 11.1 Å². The van der Waals surface area contributed by atoms with Crippen LogP contribution in [0.4, 0.5) is 0 Å². The number of nitrogens with one attached hydrogen (secondary N) is 1. The third kappa shape index (κ3) is 6.63. The summed E-state index contributed by atoms with van der Waals surface area (Å²) >= 11 is 1.38. The lowest BCUT2D eigenvalue weighted by molar-refractivity contribution is -0.148. The van der Waals surface area contributed by atoms with E-state index in [9.17, 15) is 14.4 Å². The molecule has 1 unspecified atom stereocenters. The molecule has 7 nitrogen and oxygen atoms in total. The average Bonchev–Trinajstić information content (AvgIpc) is 3.36. The predicted molar refractivity (Wildman–Crippen MR) is 143 cm³/mol. The summed E-state index contributed by atoms with van der Waals surface area (Å²) in [5, 5.41) is 3.73. The Labute approximate surface area is 216 Å². The van der Waals surface area contributed by atoms with Crippen molar-refractivity contribution in [3.8, 4) is 0 Å². The number of carbonyl (C=O) groups excluding carboxylic acids is 3. The zero-order chi connectivity index (χ0) is 25.3. The van der Waals surface area contributed by atoms with Crippen LogP contribution < -0.4 is 11.1 Å². The van der Waals surface area contributed by atoms with Gasteiger partial charge in [-0.2, -0.15) is 0 Å². The summed E-state index contributed by atoms with van der Waals surface area (Å²) in [4.78, 5) is 46.0. The molecule has 0 bridgehead atoms. The second-order valence-corrected chi connectivity index (χ2v) is 10.4. The number of aromatic nitrogens is 1. The van der Waals surface area contributed by atoms with Crippen molar-refractivity contribution in [2.45, 2.75) is 38.5 Å². The van der Waals surface area contributed by atoms with Crippen LogP contribution in [-0.4, -0.2) is 53.7 Å². The van der Waals surface area contributed by atoms with Crippen LogP contribution in [0.1, 0.15) is 47.5 Å². The molecule has 36 heavy (non-hydrogen) atoms. The van der Waals surface area contributed by atoms with Crippen LogP contribution >= 0.6 is 11.3 Å². The molecule has 0 aliphatic carbocycles. The van der Waals surface area contributed by atoms with E-state index in [2.05, 4.69) is 10.3 Å². The molecule has 3 aromatic rings. The minimum atomic E-state index is -0.391. The molecule has 1 aliphatic heterocycles. The third-order valence-electron chi connectivity index (χ3n) is 6.78. The zero-order valence-electron chi connectivity index (χ0n) is 20.5. The summed E-state index contributed by atoms with van der Waals surface area (Å²) < 4.78 is 0.963. The van der Waals surface area contributed by atoms with E-state index >= 15 is 0 Å². The van der Waals surface area contributed by atoms with Gasteiger partial charge in [-0.05, 0) is 62.9 Å². The second-order valence-electron chi connectivity index (χ2n) is 9.33. The molecule has 8 heteroatoms. The number of para-hydroxylation sites is 1. The molecule has 4 rings (SSSR count). The lowest BCUT2D eigenvalue weighted by atomic mass is 9.94. The lowest BCUT2D eigenvalue weighted by Crippen LogP contribution is -2.46. The van der Waals surface area contributed by atoms with Crippen molar-refractivity contribution in [2.75, 3.05) is 26.2 Å². The van der Waals surface area contributed by atoms with Gasteiger partial charge in [0.15, 0.2) is 10.8 Å². The summed E-state index contributed by atoms with van der Waals surface area (Å²) in [7, 11) is 0. The lowest BCUT2D eigenvalue weighted by Gasteiger charge is -2.29. The fraction of sp³-hybridized carbons (Fsp3) is 0.429. The van der Waals surface area contributed by atoms with Gasteiger partial charge in [-0.3, -0.25) is 19.3 Å². The molecule has 2 aromatic carbocycles. The number of nitrogens with zero attached hydrogens (tertiary/aromatic N) is 2. The SMILES string of the molecule is NCCC(CCN(C(=O)CCc1ccccc1)C(=O)[C@@H]1CCCNC1)C(=O)c1nc2ccccc2s1. The maximum Gasteiger partial charge on any atom is 0.233 e. The van der Waals surface area contributed by atoms with E-state index < -0.39 is 5.92 Å². The van der Waals surface area contributed by atoms with Crippen molar-refractivity contribution >= 4 is 39.2 Å². The van der Waals surface area contributed by atoms with E-state index in [4.69, 9.17) is 5.73 Å². The molecule has 0 saturated carbocycles. The predicted octanol–water partition coefficient (Wildman–Crippen LogP) is 3.82. The van der Waals surface area contributed by atoms with Gasteiger partial charge in [-0.1, -0.05) is 42.5 Å². The Hall–Kier alpha value is -2.94. The Morgan fingerprint density at radius 2 is 1.86 bits per heavy atom. The number of carbonyl (C=O) groups is 3. The number of ketones is 1. The topological polar surface area (TPSA) is 105 Å². The fourth-order valence-corrected chi connectivity index (χ4v) is 5.70. The quantitative estimate of drug-likeness (QED) is 0.383. The summed E-state index contributed by atoms with van der Waals surface area (Å²) in [5.74, 6) is -0.998. The molecule has 0 spiro atoms. The van der Waals surface area contributed by atoms with E-state index in [0.29, 0.717) is 37.4 Å². The first-order valence-electron chi connectivity index (χ1n) is 12.8. The molecule has 0 radical (unpaired) electrons. The Balaban J connectivity index is 1.47. The molecule has 2 heterocycles. The van der Waals surface area contributed by atoms with Gasteiger partial charge in [-0.25, -0.2) is 4.98 Å². The largest absolute Gasteiger partial charge is 0.330 e. The Bertz CT molecular complexity index is 1140. The first-order valence-corrected chi connectivity index (χ1v) is 13.6. The maximum absolute atomic E-state index is 13.4. The number of piperidine rings is 1. The minimum Gasteiger partial charge on any atom is -0.330 e. The van der Waals surface area contributed by atoms with Crippen molar-refractivity contribution in [3.05, 3.63) is 65.2 Å². The fourth-order valence-electron chi connectivity index (χ4n) is 4.72. The molecule has 190 valence electrons. The number of hydrogen-bond acceptors (Lipinski definition) is 7. The molecule has 1 fully saturated rings. The number of aryl methyl sites for hydroxylation is 1. The molecule has 1 aliphatic rings. The number of rotatable bonds is 11. The number of benzene rings is 2. The van der Waals surface area contributed by atoms with Crippen LogP contribution in [0.15, 0.2) is 54.6 Å². The molecule has 3 N–H and O–H groups in total. The molecule has 1 aromatic heterocycles. The Kier molecular flexibility index (Phi) is 9.33. The number of imide groups is 1. The number of Topliss-reactive ketones (excluding diaryl/α,β-unsaturated/α-hetero) is 1. The highest BCUT2D eigenvalue weighted by molar-refractivity contribution is 7.20. The van der Waals surface area contributed by atoms with Crippen molar-refractivity contribution in [1.82, 2.24) is 15.2 Å². The van der Waals surface area contributed by atoms with Crippen molar-refractivity contribution in [3.63, 3.8) is 0 Å². The van der Waals surface area contributed by atoms with Crippen LogP contribution in [0.5, 0.6) is 0 Å². The van der Waals surface area contributed by atoms with Gasteiger partial charge in [-0.15, -0.1) is 11.3 Å². The summed E-state index contributed by atoms with van der Waals surface area (Å²) in [5.41, 5.74) is 7.71. The number of nitrogens with two attached hydrogens (primary N) is 1. The molecule has 1 saturated heterocycles. The van der Waals surface area contributed by atoms with E-state index in [0.717, 1.165) is 35.2 Å². The average molecular weight is 507 g/mol. The molecular weight excluding hydrogens is 472 g/mol. The van der Waals surface area contributed by atoms with E-state index in [1.165, 1.54) is 16.2 Å². The summed E-state index contributed by atoms with van der Waals surface area (Å²) in [6.45, 7) is 2.03. The van der Waals surface area contributed by atoms with Crippen LogP contribution in [-0.2, 0) is 16.0 Å². The highest BCUT2D eigenvalue weighted by Crippen LogP contribution is 2.26. The third-order valence-corrected chi connectivity index (χ3v) is 7.83. The zero-order valence-corrected chi connectivity index (χ0v) is 21.3. The normalized spacial score (nSPS) is 16.5. The van der Waals surface area contributed by atoms with Gasteiger partial charge in [0, 0.05) is 25.4 Å². The Morgan fingerprint density at radius 3 is 2.58 bits per heavy atom. The Morgan fingerprint density at radius 1 is 1.08 bits per heavy atom. The number of fused-ring (bicyclic) bond motifs is 1. The van der Waals surface area contributed by atoms with Gasteiger partial charge in [0.05, 0.1) is 16.1 Å². The summed E-state index contributed by atoms with van der Waals surface area (Å²) in [6.07, 6.45) is 3.38. The van der Waals surface area contributed by atoms with Crippen molar-refractivity contribution in [1.29, 1.82) is 0 Å². The van der Waals surface area contributed by atoms with Gasteiger partial charge in [0.1, 0.15) is 0 Å². The number of thiazole rings is 1. The van der Waals surface area contributed by atoms with Crippen LogP contribution in [0.2, 0.25) is 0 Å². The van der Waals surface area contributed by atoms with Gasteiger partial charge in [0.2, 0.25) is 11.8 Å². The first kappa shape index (κ1) is 26.1. The van der Waals surface area contributed by atoms with Crippen LogP contribution in [0, 0.1) is 11.8 Å². The van der Waals surface area contributed by atoms with E-state index in [-0.39, 0.29) is 36.5 Å². The van der Waals surface area contributed by atoms with Crippen LogP contribution in [0.25, 0.3) is 10.2 Å². The number of amides is 2. The van der Waals surface area contributed by atoms with E-state index in [1.54, 1.807) is 0 Å². The molecular formula is C28H34N4O3S. The highest BCUT2D eigenvalue weighted by Gasteiger charge is 2.31. The molecule has 2 atom stereocenters. The second kappa shape index (κ2) is 12.9.